The van der Waals surface area contributed by atoms with E-state index in [9.17, 15) is 18.0 Å². The van der Waals surface area contributed by atoms with E-state index in [0.29, 0.717) is 0 Å². The maximum Gasteiger partial charge on any atom is 0.468 e. The van der Waals surface area contributed by atoms with Gasteiger partial charge in [-0.25, -0.2) is 9.97 Å². The number of hydrogen-bond acceptors (Lipinski definition) is 5. The minimum absolute atomic E-state index is 0.0179. The Bertz CT molecular complexity index is 889. The molecule has 23 heavy (non-hydrogen) atoms. The lowest BCUT2D eigenvalue weighted by molar-refractivity contribution is -0.156. The molecule has 6 nitrogen and oxygen atoms in total. The molecule has 1 aromatic carbocycles. The zero-order valence-electron chi connectivity index (χ0n) is 11.4. The summed E-state index contributed by atoms with van der Waals surface area (Å²) in [7, 11) is 0. The van der Waals surface area contributed by atoms with Crippen molar-refractivity contribution < 1.29 is 22.4 Å². The number of benzene rings is 1. The maximum atomic E-state index is 12.5. The maximum absolute atomic E-state index is 12.5. The fourth-order valence-corrected chi connectivity index (χ4v) is 1.90. The topological polar surface area (TPSA) is 94.0 Å². The predicted molar refractivity (Wildman–Crippen MR) is 75.6 cm³/mol. The molecule has 0 bridgehead atoms. The van der Waals surface area contributed by atoms with Crippen LogP contribution in [0.5, 0.6) is 0 Å². The quantitative estimate of drug-likeness (QED) is 0.756. The molecule has 0 fully saturated rings. The summed E-state index contributed by atoms with van der Waals surface area (Å²) in [4.78, 5) is 19.2. The molecule has 0 aliphatic carbocycles. The Morgan fingerprint density at radius 1 is 1.17 bits per heavy atom. The van der Waals surface area contributed by atoms with Crippen molar-refractivity contribution in [1.82, 2.24) is 9.97 Å². The molecule has 1 amide bonds. The van der Waals surface area contributed by atoms with Crippen molar-refractivity contribution in [3.05, 3.63) is 48.0 Å². The molecule has 0 radical (unpaired) electrons. The zero-order valence-corrected chi connectivity index (χ0v) is 11.4. The first kappa shape index (κ1) is 14.8. The number of carbonyl (C=O) groups is 1. The second kappa shape index (κ2) is 5.27. The largest absolute Gasteiger partial charge is 0.468 e. The van der Waals surface area contributed by atoms with Crippen molar-refractivity contribution in [3.63, 3.8) is 0 Å². The van der Waals surface area contributed by atoms with Crippen LogP contribution in [0.1, 0.15) is 16.4 Å². The van der Waals surface area contributed by atoms with Crippen molar-refractivity contribution in [3.8, 4) is 0 Å². The Kier molecular flexibility index (Phi) is 3.40. The van der Waals surface area contributed by atoms with E-state index in [-0.39, 0.29) is 28.3 Å². The third-order valence-electron chi connectivity index (χ3n) is 2.89. The molecule has 0 aliphatic rings. The highest BCUT2D eigenvalue weighted by Crippen LogP contribution is 2.31. The normalized spacial score (nSPS) is 11.6. The molecule has 2 heterocycles. The van der Waals surface area contributed by atoms with Crippen molar-refractivity contribution in [2.75, 3.05) is 11.1 Å². The molecule has 3 rings (SSSR count). The van der Waals surface area contributed by atoms with Crippen LogP contribution in [0, 0.1) is 0 Å². The van der Waals surface area contributed by atoms with Gasteiger partial charge in [-0.1, -0.05) is 6.07 Å². The number of anilines is 2. The number of alkyl halides is 3. The smallest absolute Gasteiger partial charge is 0.433 e. The van der Waals surface area contributed by atoms with Gasteiger partial charge in [0.05, 0.1) is 0 Å². The van der Waals surface area contributed by atoms with Crippen LogP contribution in [0.25, 0.3) is 11.1 Å². The highest BCUT2D eigenvalue weighted by Gasteiger charge is 2.37. The fraction of sp³-hybridized carbons (Fsp3) is 0.0714. The molecule has 118 valence electrons. The van der Waals surface area contributed by atoms with Crippen LogP contribution in [0.15, 0.2) is 40.8 Å². The number of nitrogens with two attached hydrogens (primary N) is 1. The molecular formula is C14H9F3N4O2. The Morgan fingerprint density at radius 2 is 1.96 bits per heavy atom. The number of halogens is 3. The Hall–Kier alpha value is -3.10. The van der Waals surface area contributed by atoms with Gasteiger partial charge in [0.15, 0.2) is 5.58 Å². The van der Waals surface area contributed by atoms with Crippen LogP contribution in [-0.4, -0.2) is 15.9 Å². The second-order valence-electron chi connectivity index (χ2n) is 4.60. The van der Waals surface area contributed by atoms with Crippen LogP contribution in [0.3, 0.4) is 0 Å². The van der Waals surface area contributed by atoms with Gasteiger partial charge < -0.3 is 15.5 Å². The highest BCUT2D eigenvalue weighted by molar-refractivity contribution is 6.03. The molecule has 0 saturated carbocycles. The molecular weight excluding hydrogens is 313 g/mol. The van der Waals surface area contributed by atoms with Crippen LogP contribution in [0.2, 0.25) is 0 Å². The van der Waals surface area contributed by atoms with Gasteiger partial charge in [-0.15, -0.1) is 0 Å². The summed E-state index contributed by atoms with van der Waals surface area (Å²) in [6, 6.07) is 8.52. The molecule has 3 aromatic rings. The minimum Gasteiger partial charge on any atom is -0.433 e. The van der Waals surface area contributed by atoms with Crippen molar-refractivity contribution in [1.29, 1.82) is 0 Å². The fourth-order valence-electron chi connectivity index (χ4n) is 1.90. The Balaban J connectivity index is 1.87. The molecule has 0 unspecified atom stereocenters. The lowest BCUT2D eigenvalue weighted by Crippen LogP contribution is -2.14. The lowest BCUT2D eigenvalue weighted by atomic mass is 10.2. The molecule has 0 spiro atoms. The van der Waals surface area contributed by atoms with E-state index in [1.165, 1.54) is 30.3 Å². The number of fused-ring (bicyclic) bond motifs is 1. The third kappa shape index (κ3) is 3.07. The third-order valence-corrected chi connectivity index (χ3v) is 2.89. The molecule has 9 heteroatoms. The number of rotatable bonds is 2. The first-order valence-electron chi connectivity index (χ1n) is 6.34. The summed E-state index contributed by atoms with van der Waals surface area (Å²) >= 11 is 0. The van der Waals surface area contributed by atoms with Gasteiger partial charge in [0, 0.05) is 5.69 Å². The summed E-state index contributed by atoms with van der Waals surface area (Å²) in [6.07, 6.45) is -4.67. The molecule has 2 aromatic heterocycles. The van der Waals surface area contributed by atoms with E-state index >= 15 is 0 Å². The van der Waals surface area contributed by atoms with Crippen LogP contribution in [-0.2, 0) is 6.18 Å². The minimum atomic E-state index is -4.67. The summed E-state index contributed by atoms with van der Waals surface area (Å²) in [5, 5.41) is 2.51. The summed E-state index contributed by atoms with van der Waals surface area (Å²) in [5.41, 5.74) is 5.78. The van der Waals surface area contributed by atoms with E-state index in [1.807, 2.05) is 0 Å². The van der Waals surface area contributed by atoms with Gasteiger partial charge in [-0.3, -0.25) is 4.79 Å². The van der Waals surface area contributed by atoms with Crippen LogP contribution < -0.4 is 11.1 Å². The van der Waals surface area contributed by atoms with Gasteiger partial charge in [-0.05, 0) is 30.3 Å². The number of nitrogen functional groups attached to an aromatic ring is 1. The molecule has 3 N–H and O–H groups in total. The molecule has 0 atom stereocenters. The van der Waals surface area contributed by atoms with Gasteiger partial charge in [0.1, 0.15) is 17.0 Å². The number of aromatic nitrogens is 2. The number of hydrogen-bond donors (Lipinski definition) is 2. The first-order valence-corrected chi connectivity index (χ1v) is 6.34. The van der Waals surface area contributed by atoms with E-state index in [2.05, 4.69) is 19.7 Å². The van der Waals surface area contributed by atoms with E-state index < -0.39 is 18.0 Å². The first-order chi connectivity index (χ1) is 10.8. The van der Waals surface area contributed by atoms with E-state index in [4.69, 9.17) is 5.73 Å². The highest BCUT2D eigenvalue weighted by atomic mass is 19.4. The predicted octanol–water partition coefficient (Wildman–Crippen LogP) is 3.08. The number of pyridine rings is 1. The molecule has 0 saturated heterocycles. The number of nitrogens with one attached hydrogen (secondary N) is 1. The van der Waals surface area contributed by atoms with E-state index in [1.54, 1.807) is 6.07 Å². The van der Waals surface area contributed by atoms with Crippen molar-refractivity contribution in [2.24, 2.45) is 0 Å². The van der Waals surface area contributed by atoms with Gasteiger partial charge in [0.2, 0.25) is 0 Å². The SMILES string of the molecule is Nc1cccc(C(=O)Nc2ccc3oc(C(F)(F)F)nc3c2)n1. The summed E-state index contributed by atoms with van der Waals surface area (Å²) in [5.74, 6) is -1.70. The van der Waals surface area contributed by atoms with Crippen LogP contribution >= 0.6 is 0 Å². The standard InChI is InChI=1S/C14H9F3N4O2/c15-14(16,17)13-21-9-6-7(4-5-10(9)23-13)19-12(22)8-2-1-3-11(18)20-8/h1-6H,(H2,18,20)(H,19,22). The van der Waals surface area contributed by atoms with E-state index in [0.717, 1.165) is 0 Å². The Morgan fingerprint density at radius 3 is 2.65 bits per heavy atom. The number of carbonyl (C=O) groups excluding carboxylic acids is 1. The number of nitrogens with zero attached hydrogens (tertiary/aromatic N) is 2. The van der Waals surface area contributed by atoms with Gasteiger partial charge in [-0.2, -0.15) is 13.2 Å². The Labute approximate surface area is 127 Å². The second-order valence-corrected chi connectivity index (χ2v) is 4.60. The lowest BCUT2D eigenvalue weighted by Gasteiger charge is -2.04. The summed E-state index contributed by atoms with van der Waals surface area (Å²) < 4.78 is 42.3. The van der Waals surface area contributed by atoms with Gasteiger partial charge in [0.25, 0.3) is 5.91 Å². The number of oxazole rings is 1. The average Bonchev–Trinajstić information content (AvgIpc) is 2.90. The van der Waals surface area contributed by atoms with Crippen LogP contribution in [0.4, 0.5) is 24.7 Å². The van der Waals surface area contributed by atoms with Crippen molar-refractivity contribution >= 4 is 28.5 Å². The van der Waals surface area contributed by atoms with Crippen molar-refractivity contribution in [2.45, 2.75) is 6.18 Å². The average molecular weight is 322 g/mol. The monoisotopic (exact) mass is 322 g/mol. The van der Waals surface area contributed by atoms with Gasteiger partial charge >= 0.3 is 12.1 Å². The molecule has 0 aliphatic heterocycles. The number of amides is 1. The summed E-state index contributed by atoms with van der Waals surface area (Å²) in [6.45, 7) is 0. The zero-order chi connectivity index (χ0) is 16.6.